The summed E-state index contributed by atoms with van der Waals surface area (Å²) in [6, 6.07) is 0. The van der Waals surface area contributed by atoms with Crippen LogP contribution < -0.4 is 0 Å². The van der Waals surface area contributed by atoms with E-state index in [1.54, 1.807) is 6.92 Å². The van der Waals surface area contributed by atoms with Crippen LogP contribution in [0.25, 0.3) is 0 Å². The fourth-order valence-corrected chi connectivity index (χ4v) is 0.968. The molecule has 0 aromatic carbocycles. The van der Waals surface area contributed by atoms with Crippen molar-refractivity contribution in [3.63, 3.8) is 0 Å². The van der Waals surface area contributed by atoms with Gasteiger partial charge < -0.3 is 9.52 Å². The van der Waals surface area contributed by atoms with Gasteiger partial charge in [-0.25, -0.2) is 4.98 Å². The minimum atomic E-state index is -0.583. The molecule has 1 aromatic heterocycles. The lowest BCUT2D eigenvalue weighted by molar-refractivity contribution is 0.173. The van der Waals surface area contributed by atoms with E-state index in [1.807, 2.05) is 6.92 Å². The van der Waals surface area contributed by atoms with Crippen molar-refractivity contribution < 1.29 is 9.52 Å². The number of aliphatic hydroxyl groups excluding tert-OH is 1. The van der Waals surface area contributed by atoms with Crippen LogP contribution in [0.15, 0.2) is 22.8 Å². The van der Waals surface area contributed by atoms with Crippen molar-refractivity contribution >= 4 is 0 Å². The van der Waals surface area contributed by atoms with Gasteiger partial charge in [-0.3, -0.25) is 0 Å². The summed E-state index contributed by atoms with van der Waals surface area (Å²) < 4.78 is 4.97. The Morgan fingerprint density at radius 1 is 1.83 bits per heavy atom. The van der Waals surface area contributed by atoms with E-state index in [0.29, 0.717) is 18.0 Å². The van der Waals surface area contributed by atoms with Crippen molar-refractivity contribution in [3.8, 4) is 0 Å². The Morgan fingerprint density at radius 2 is 2.50 bits per heavy atom. The van der Waals surface area contributed by atoms with Crippen LogP contribution in [0.5, 0.6) is 0 Å². The number of nitrogens with zero attached hydrogens (tertiary/aromatic N) is 1. The molecule has 0 saturated heterocycles. The predicted molar refractivity (Wildman–Crippen MR) is 45.6 cm³/mol. The third kappa shape index (κ3) is 2.20. The molecule has 0 amide bonds. The standard InChI is InChI=1S/C9H13NO2/c1-6(2)4-9(11)8-5-12-7(3)10-8/h5,9,11H,1,4H2,2-3H3. The van der Waals surface area contributed by atoms with Crippen molar-refractivity contribution in [3.05, 3.63) is 30.0 Å². The zero-order valence-electron chi connectivity index (χ0n) is 7.37. The first-order valence-electron chi connectivity index (χ1n) is 3.84. The Balaban J connectivity index is 2.64. The van der Waals surface area contributed by atoms with Crippen LogP contribution in [0.1, 0.15) is 31.0 Å². The number of aryl methyl sites for hydroxylation is 1. The van der Waals surface area contributed by atoms with E-state index < -0.39 is 6.10 Å². The second-order valence-corrected chi connectivity index (χ2v) is 2.97. The average molecular weight is 167 g/mol. The van der Waals surface area contributed by atoms with Gasteiger partial charge in [0.05, 0.1) is 0 Å². The molecule has 0 aliphatic carbocycles. The number of hydrogen-bond donors (Lipinski definition) is 1. The van der Waals surface area contributed by atoms with Crippen molar-refractivity contribution in [1.82, 2.24) is 4.98 Å². The maximum atomic E-state index is 9.52. The molecule has 1 unspecified atom stereocenters. The second-order valence-electron chi connectivity index (χ2n) is 2.97. The lowest BCUT2D eigenvalue weighted by atomic mass is 10.1. The Bertz CT molecular complexity index is 278. The van der Waals surface area contributed by atoms with Gasteiger partial charge in [-0.05, 0) is 13.3 Å². The fraction of sp³-hybridized carbons (Fsp3) is 0.444. The Kier molecular flexibility index (Phi) is 2.65. The first-order valence-corrected chi connectivity index (χ1v) is 3.84. The third-order valence-electron chi connectivity index (χ3n) is 1.52. The molecule has 0 radical (unpaired) electrons. The molecule has 0 aliphatic heterocycles. The maximum Gasteiger partial charge on any atom is 0.191 e. The van der Waals surface area contributed by atoms with Crippen molar-refractivity contribution in [2.45, 2.75) is 26.4 Å². The molecule has 1 aromatic rings. The molecule has 12 heavy (non-hydrogen) atoms. The van der Waals surface area contributed by atoms with Crippen LogP contribution in [-0.2, 0) is 0 Å². The van der Waals surface area contributed by atoms with E-state index in [2.05, 4.69) is 11.6 Å². The lowest BCUT2D eigenvalue weighted by Crippen LogP contribution is -1.97. The lowest BCUT2D eigenvalue weighted by Gasteiger charge is -2.04. The highest BCUT2D eigenvalue weighted by Crippen LogP contribution is 2.18. The fourth-order valence-electron chi connectivity index (χ4n) is 0.968. The molecule has 3 heteroatoms. The minimum Gasteiger partial charge on any atom is -0.449 e. The summed E-state index contributed by atoms with van der Waals surface area (Å²) in [7, 11) is 0. The van der Waals surface area contributed by atoms with E-state index >= 15 is 0 Å². The zero-order valence-corrected chi connectivity index (χ0v) is 7.37. The Morgan fingerprint density at radius 3 is 2.92 bits per heavy atom. The molecule has 1 atom stereocenters. The summed E-state index contributed by atoms with van der Waals surface area (Å²) in [5.74, 6) is 0.575. The Labute approximate surface area is 71.7 Å². The molecule has 1 heterocycles. The highest BCUT2D eigenvalue weighted by atomic mass is 16.3. The minimum absolute atomic E-state index is 0.534. The van der Waals surface area contributed by atoms with Gasteiger partial charge in [-0.1, -0.05) is 5.57 Å². The molecule has 0 aliphatic rings. The second kappa shape index (κ2) is 3.54. The molecular weight excluding hydrogens is 154 g/mol. The molecule has 1 N–H and O–H groups in total. The van der Waals surface area contributed by atoms with Crippen LogP contribution in [0.3, 0.4) is 0 Å². The molecule has 3 nitrogen and oxygen atoms in total. The van der Waals surface area contributed by atoms with E-state index in [9.17, 15) is 5.11 Å². The van der Waals surface area contributed by atoms with Crippen LogP contribution in [-0.4, -0.2) is 10.1 Å². The summed E-state index contributed by atoms with van der Waals surface area (Å²) in [5, 5.41) is 9.52. The highest BCUT2D eigenvalue weighted by molar-refractivity contribution is 5.04. The van der Waals surface area contributed by atoms with Gasteiger partial charge in [-0.2, -0.15) is 0 Å². The summed E-state index contributed by atoms with van der Waals surface area (Å²) in [6.07, 6.45) is 1.43. The summed E-state index contributed by atoms with van der Waals surface area (Å²) in [5.41, 5.74) is 1.51. The maximum absolute atomic E-state index is 9.52. The molecule has 66 valence electrons. The zero-order chi connectivity index (χ0) is 9.14. The van der Waals surface area contributed by atoms with Crippen LogP contribution in [0.2, 0.25) is 0 Å². The van der Waals surface area contributed by atoms with Gasteiger partial charge in [0.1, 0.15) is 18.1 Å². The number of oxazole rings is 1. The monoisotopic (exact) mass is 167 g/mol. The first-order chi connectivity index (χ1) is 5.59. The SMILES string of the molecule is C=C(C)CC(O)c1coc(C)n1. The van der Waals surface area contributed by atoms with E-state index in [-0.39, 0.29) is 0 Å². The molecule has 0 fully saturated rings. The van der Waals surface area contributed by atoms with Crippen LogP contribution in [0.4, 0.5) is 0 Å². The van der Waals surface area contributed by atoms with Crippen molar-refractivity contribution in [1.29, 1.82) is 0 Å². The van der Waals surface area contributed by atoms with Gasteiger partial charge in [0.15, 0.2) is 5.89 Å². The number of aliphatic hydroxyl groups is 1. The van der Waals surface area contributed by atoms with Crippen molar-refractivity contribution in [2.24, 2.45) is 0 Å². The van der Waals surface area contributed by atoms with E-state index in [0.717, 1.165) is 5.57 Å². The van der Waals surface area contributed by atoms with Crippen LogP contribution in [0, 0.1) is 6.92 Å². The number of rotatable bonds is 3. The topological polar surface area (TPSA) is 46.3 Å². The number of aromatic nitrogens is 1. The van der Waals surface area contributed by atoms with Gasteiger partial charge in [-0.15, -0.1) is 6.58 Å². The van der Waals surface area contributed by atoms with E-state index in [4.69, 9.17) is 4.42 Å². The number of hydrogen-bond acceptors (Lipinski definition) is 3. The molecule has 1 rings (SSSR count). The quantitative estimate of drug-likeness (QED) is 0.700. The van der Waals surface area contributed by atoms with E-state index in [1.165, 1.54) is 6.26 Å². The highest BCUT2D eigenvalue weighted by Gasteiger charge is 2.11. The molecular formula is C9H13NO2. The average Bonchev–Trinajstić information content (AvgIpc) is 2.34. The van der Waals surface area contributed by atoms with Gasteiger partial charge in [0, 0.05) is 6.92 Å². The summed E-state index contributed by atoms with van der Waals surface area (Å²) >= 11 is 0. The van der Waals surface area contributed by atoms with Crippen molar-refractivity contribution in [2.75, 3.05) is 0 Å². The molecule has 0 spiro atoms. The summed E-state index contributed by atoms with van der Waals surface area (Å²) in [4.78, 5) is 4.01. The molecule has 0 saturated carbocycles. The third-order valence-corrected chi connectivity index (χ3v) is 1.52. The van der Waals surface area contributed by atoms with Crippen LogP contribution >= 0.6 is 0 Å². The smallest absolute Gasteiger partial charge is 0.191 e. The largest absolute Gasteiger partial charge is 0.449 e. The summed E-state index contributed by atoms with van der Waals surface area (Å²) in [6.45, 7) is 7.33. The molecule has 0 bridgehead atoms. The van der Waals surface area contributed by atoms with Gasteiger partial charge >= 0.3 is 0 Å². The van der Waals surface area contributed by atoms with Gasteiger partial charge in [0.2, 0.25) is 0 Å². The van der Waals surface area contributed by atoms with Gasteiger partial charge in [0.25, 0.3) is 0 Å². The first kappa shape index (κ1) is 9.00. The predicted octanol–water partition coefficient (Wildman–Crippen LogP) is 1.98. The Hall–Kier alpha value is -1.09. The normalized spacial score (nSPS) is 12.9.